The molecule has 0 radical (unpaired) electrons. The number of carbonyl (C=O) groups is 1. The van der Waals surface area contributed by atoms with Crippen molar-refractivity contribution in [1.29, 1.82) is 0 Å². The van der Waals surface area contributed by atoms with Crippen molar-refractivity contribution in [3.05, 3.63) is 23.8 Å². The summed E-state index contributed by atoms with van der Waals surface area (Å²) in [5.41, 5.74) is 12.6. The van der Waals surface area contributed by atoms with E-state index in [0.29, 0.717) is 16.5 Å². The Labute approximate surface area is 105 Å². The third kappa shape index (κ3) is 3.06. The maximum absolute atomic E-state index is 11.1. The lowest BCUT2D eigenvalue weighted by atomic mass is 10.1. The van der Waals surface area contributed by atoms with Crippen molar-refractivity contribution in [2.24, 2.45) is 5.73 Å². The van der Waals surface area contributed by atoms with E-state index in [2.05, 4.69) is 5.32 Å². The van der Waals surface area contributed by atoms with Crippen LogP contribution in [0, 0.1) is 0 Å². The Bertz CT molecular complexity index is 416. The molecule has 1 aliphatic rings. The molecular formula is C12H17N3OS. The van der Waals surface area contributed by atoms with Crippen LogP contribution in [0.15, 0.2) is 18.2 Å². The van der Waals surface area contributed by atoms with Gasteiger partial charge in [-0.3, -0.25) is 4.79 Å². The summed E-state index contributed by atoms with van der Waals surface area (Å²) in [4.78, 5) is 11.1. The van der Waals surface area contributed by atoms with Gasteiger partial charge in [-0.1, -0.05) is 0 Å². The number of rotatable bonds is 4. The summed E-state index contributed by atoms with van der Waals surface area (Å²) in [5.74, 6) is 0.766. The molecule has 1 atom stereocenters. The van der Waals surface area contributed by atoms with E-state index in [4.69, 9.17) is 11.5 Å². The maximum atomic E-state index is 11.1. The molecule has 0 saturated carbocycles. The fraction of sp³-hybridized carbons (Fsp3) is 0.417. The van der Waals surface area contributed by atoms with Gasteiger partial charge in [-0.25, -0.2) is 0 Å². The van der Waals surface area contributed by atoms with Crippen LogP contribution in [0.1, 0.15) is 23.2 Å². The lowest BCUT2D eigenvalue weighted by Gasteiger charge is -2.12. The quantitative estimate of drug-likeness (QED) is 0.711. The molecule has 92 valence electrons. The number of hydrogen-bond acceptors (Lipinski definition) is 4. The number of nitrogens with one attached hydrogen (secondary N) is 1. The zero-order valence-corrected chi connectivity index (χ0v) is 10.4. The van der Waals surface area contributed by atoms with Gasteiger partial charge >= 0.3 is 0 Å². The highest BCUT2D eigenvalue weighted by Gasteiger charge is 2.15. The highest BCUT2D eigenvalue weighted by atomic mass is 32.2. The fourth-order valence-corrected chi connectivity index (χ4v) is 3.12. The van der Waals surface area contributed by atoms with Crippen molar-refractivity contribution in [2.75, 3.05) is 23.3 Å². The van der Waals surface area contributed by atoms with Crippen LogP contribution in [0.3, 0.4) is 0 Å². The lowest BCUT2D eigenvalue weighted by molar-refractivity contribution is 0.100. The first-order valence-electron chi connectivity index (χ1n) is 5.71. The van der Waals surface area contributed by atoms with E-state index in [-0.39, 0.29) is 0 Å². The van der Waals surface area contributed by atoms with Gasteiger partial charge in [0.25, 0.3) is 5.91 Å². The van der Waals surface area contributed by atoms with Crippen molar-refractivity contribution in [2.45, 2.75) is 18.1 Å². The second kappa shape index (κ2) is 5.31. The van der Waals surface area contributed by atoms with Crippen LogP contribution in [-0.4, -0.2) is 23.5 Å². The second-order valence-electron chi connectivity index (χ2n) is 4.18. The predicted octanol–water partition coefficient (Wildman–Crippen LogP) is 1.68. The molecule has 1 unspecified atom stereocenters. The van der Waals surface area contributed by atoms with Gasteiger partial charge in [0.05, 0.1) is 5.56 Å². The molecule has 1 aromatic carbocycles. The van der Waals surface area contributed by atoms with Gasteiger partial charge < -0.3 is 16.8 Å². The molecule has 0 aromatic heterocycles. The Balaban J connectivity index is 2.00. The van der Waals surface area contributed by atoms with Gasteiger partial charge in [-0.05, 0) is 36.8 Å². The molecule has 0 spiro atoms. The first kappa shape index (κ1) is 12.1. The van der Waals surface area contributed by atoms with Crippen LogP contribution in [0.4, 0.5) is 11.4 Å². The summed E-state index contributed by atoms with van der Waals surface area (Å²) < 4.78 is 0. The minimum Gasteiger partial charge on any atom is -0.398 e. The summed E-state index contributed by atoms with van der Waals surface area (Å²) in [6, 6.07) is 5.31. The number of benzene rings is 1. The topological polar surface area (TPSA) is 81.1 Å². The second-order valence-corrected chi connectivity index (χ2v) is 5.59. The maximum Gasteiger partial charge on any atom is 0.250 e. The Morgan fingerprint density at radius 2 is 2.35 bits per heavy atom. The van der Waals surface area contributed by atoms with Crippen LogP contribution in [-0.2, 0) is 0 Å². The van der Waals surface area contributed by atoms with E-state index in [0.717, 1.165) is 12.2 Å². The van der Waals surface area contributed by atoms with Crippen LogP contribution >= 0.6 is 11.8 Å². The summed E-state index contributed by atoms with van der Waals surface area (Å²) in [6.45, 7) is 0.923. The third-order valence-electron chi connectivity index (χ3n) is 2.88. The standard InChI is InChI=1S/C12H17N3OS/c13-11-4-3-8(6-10(11)12(14)16)15-7-9-2-1-5-17-9/h3-4,6,9,15H,1-2,5,7,13H2,(H2,14,16). The first-order valence-corrected chi connectivity index (χ1v) is 6.76. The summed E-state index contributed by atoms with van der Waals surface area (Å²) >= 11 is 2.00. The van der Waals surface area contributed by atoms with Crippen molar-refractivity contribution in [1.82, 2.24) is 0 Å². The van der Waals surface area contributed by atoms with Gasteiger partial charge in [0, 0.05) is 23.2 Å². The van der Waals surface area contributed by atoms with Gasteiger partial charge in [0.2, 0.25) is 0 Å². The summed E-state index contributed by atoms with van der Waals surface area (Å²) in [7, 11) is 0. The van der Waals surface area contributed by atoms with E-state index in [9.17, 15) is 4.79 Å². The smallest absolute Gasteiger partial charge is 0.250 e. The first-order chi connectivity index (χ1) is 8.16. The van der Waals surface area contributed by atoms with Crippen LogP contribution in [0.2, 0.25) is 0 Å². The molecule has 1 aromatic rings. The number of carbonyl (C=O) groups excluding carboxylic acids is 1. The number of nitrogens with two attached hydrogens (primary N) is 2. The van der Waals surface area contributed by atoms with E-state index in [1.165, 1.54) is 18.6 Å². The van der Waals surface area contributed by atoms with Crippen molar-refractivity contribution >= 4 is 29.0 Å². The SMILES string of the molecule is NC(=O)c1cc(NCC2CCCS2)ccc1N. The molecule has 1 aliphatic heterocycles. The largest absolute Gasteiger partial charge is 0.398 e. The number of nitrogen functional groups attached to an aromatic ring is 1. The predicted molar refractivity (Wildman–Crippen MR) is 73.3 cm³/mol. The normalized spacial score (nSPS) is 19.2. The Kier molecular flexibility index (Phi) is 3.78. The minimum absolute atomic E-state index is 0.383. The van der Waals surface area contributed by atoms with Crippen LogP contribution in [0.25, 0.3) is 0 Å². The molecule has 17 heavy (non-hydrogen) atoms. The van der Waals surface area contributed by atoms with Gasteiger partial charge in [-0.2, -0.15) is 11.8 Å². The van der Waals surface area contributed by atoms with Crippen LogP contribution in [0.5, 0.6) is 0 Å². The molecular weight excluding hydrogens is 234 g/mol. The molecule has 1 fully saturated rings. The molecule has 0 aliphatic carbocycles. The molecule has 4 nitrogen and oxygen atoms in total. The van der Waals surface area contributed by atoms with E-state index in [1.54, 1.807) is 12.1 Å². The number of anilines is 2. The molecule has 5 heteroatoms. The average Bonchev–Trinajstić information content (AvgIpc) is 2.80. The molecule has 1 saturated heterocycles. The van der Waals surface area contributed by atoms with Crippen molar-refractivity contribution in [3.63, 3.8) is 0 Å². The van der Waals surface area contributed by atoms with Gasteiger partial charge in [-0.15, -0.1) is 0 Å². The number of hydrogen-bond donors (Lipinski definition) is 3. The monoisotopic (exact) mass is 251 g/mol. The fourth-order valence-electron chi connectivity index (χ4n) is 1.92. The lowest BCUT2D eigenvalue weighted by Crippen LogP contribution is -2.16. The molecule has 2 rings (SSSR count). The molecule has 5 N–H and O–H groups in total. The van der Waals surface area contributed by atoms with Gasteiger partial charge in [0.15, 0.2) is 0 Å². The Morgan fingerprint density at radius 1 is 1.53 bits per heavy atom. The average molecular weight is 251 g/mol. The zero-order chi connectivity index (χ0) is 12.3. The molecule has 0 bridgehead atoms. The van der Waals surface area contributed by atoms with E-state index >= 15 is 0 Å². The van der Waals surface area contributed by atoms with E-state index < -0.39 is 5.91 Å². The number of primary amides is 1. The van der Waals surface area contributed by atoms with Crippen LogP contribution < -0.4 is 16.8 Å². The number of amides is 1. The highest BCUT2D eigenvalue weighted by Crippen LogP contribution is 2.26. The van der Waals surface area contributed by atoms with Gasteiger partial charge in [0.1, 0.15) is 0 Å². The minimum atomic E-state index is -0.485. The van der Waals surface area contributed by atoms with Crippen molar-refractivity contribution < 1.29 is 4.79 Å². The number of thioether (sulfide) groups is 1. The highest BCUT2D eigenvalue weighted by molar-refractivity contribution is 8.00. The summed E-state index contributed by atoms with van der Waals surface area (Å²) in [6.07, 6.45) is 2.56. The summed E-state index contributed by atoms with van der Waals surface area (Å²) in [5, 5.41) is 4.00. The zero-order valence-electron chi connectivity index (χ0n) is 9.61. The van der Waals surface area contributed by atoms with Crippen molar-refractivity contribution in [3.8, 4) is 0 Å². The molecule has 1 heterocycles. The van der Waals surface area contributed by atoms with E-state index in [1.807, 2.05) is 17.8 Å². The Hall–Kier alpha value is -1.36. The molecule has 1 amide bonds. The third-order valence-corrected chi connectivity index (χ3v) is 4.27. The Morgan fingerprint density at radius 3 is 3.00 bits per heavy atom.